The quantitative estimate of drug-likeness (QED) is 0.0872. The van der Waals surface area contributed by atoms with Gasteiger partial charge in [0.05, 0.1) is 23.8 Å². The fraction of sp³-hybridized carbons (Fsp3) is 0.380. The first-order valence-corrected chi connectivity index (χ1v) is 24.3. The summed E-state index contributed by atoms with van der Waals surface area (Å²) in [4.78, 5) is 96.0. The Hall–Kier alpha value is -8.57. The Morgan fingerprint density at radius 2 is 1.16 bits per heavy atom. The largest absolute Gasteiger partial charge is 0.482 e. The standard InChI is InChI=1S/C30H32FN7O5.C20H19FN6O4/c1-15(27(40)37-30-9-17-4-18(10-30)6-19(5-17)11-30)34-29(42)23-8-22(36-26-20(31)13-33-38(23)26)28(41)32-12-16-2-3-24-21(7-16)35-25(39)14-43-24;1-2-5-22-20(30)15-7-14(26-18-12(21)9-24-27(15)18)19(29)23-8-11-3-4-16-13(6-11)25-17(28)10-31-16/h2-3,7-8,13,15,17-19H,4-6,9-12,14H2,1H3,(H,32,41)(H,34,42)(H,35,39)(H,37,40);3-4,6-7,9H,2,5,8,10H2,1H3,(H,22,30)(H,23,29)(H,25,28)/t15-,17?,18?,19?,30?;/m0./s1. The summed E-state index contributed by atoms with van der Waals surface area (Å²) < 4.78 is 41.4. The summed E-state index contributed by atoms with van der Waals surface area (Å²) in [5, 5.41) is 27.2. The zero-order chi connectivity index (χ0) is 51.8. The van der Waals surface area contributed by atoms with Crippen LogP contribution in [-0.2, 0) is 27.5 Å². The average molecular weight is 1020 g/mol. The van der Waals surface area contributed by atoms with E-state index in [1.165, 1.54) is 31.4 Å². The lowest BCUT2D eigenvalue weighted by Gasteiger charge is -2.57. The number of amides is 7. The normalized spacial score (nSPS) is 20.3. The molecule has 0 spiro atoms. The number of rotatable bonds is 13. The van der Waals surface area contributed by atoms with Crippen molar-refractivity contribution in [2.24, 2.45) is 17.8 Å². The molecule has 1 atom stereocenters. The second kappa shape index (κ2) is 20.1. The molecule has 0 unspecified atom stereocenters. The monoisotopic (exact) mass is 1020 g/mol. The number of carbonyl (C=O) groups excluding carboxylic acids is 7. The zero-order valence-corrected chi connectivity index (χ0v) is 40.2. The Morgan fingerprint density at radius 3 is 1.64 bits per heavy atom. The third-order valence-electron chi connectivity index (χ3n) is 13.8. The van der Waals surface area contributed by atoms with Crippen molar-refractivity contribution in [1.82, 2.24) is 55.8 Å². The van der Waals surface area contributed by atoms with Crippen LogP contribution in [0.1, 0.15) is 112 Å². The van der Waals surface area contributed by atoms with Gasteiger partial charge in [-0.1, -0.05) is 19.1 Å². The Morgan fingerprint density at radius 1 is 0.689 bits per heavy atom. The number of benzene rings is 2. The highest BCUT2D eigenvalue weighted by molar-refractivity contribution is 6.01. The highest BCUT2D eigenvalue weighted by Gasteiger charge is 2.52. The maximum Gasteiger partial charge on any atom is 0.270 e. The predicted octanol–water partition coefficient (Wildman–Crippen LogP) is 3.60. The molecule has 384 valence electrons. The van der Waals surface area contributed by atoms with Gasteiger partial charge in [0.25, 0.3) is 35.4 Å². The summed E-state index contributed by atoms with van der Waals surface area (Å²) in [6.07, 6.45) is 9.24. The number of ether oxygens (including phenoxy) is 2. The van der Waals surface area contributed by atoms with Crippen LogP contribution >= 0.6 is 0 Å². The molecule has 6 aliphatic rings. The third kappa shape index (κ3) is 10.2. The molecule has 6 aromatic rings. The first-order valence-electron chi connectivity index (χ1n) is 24.3. The first kappa shape index (κ1) is 49.0. The minimum atomic E-state index is -0.866. The molecule has 6 heterocycles. The van der Waals surface area contributed by atoms with Gasteiger partial charge in [-0.3, -0.25) is 33.6 Å². The molecule has 24 heteroatoms. The van der Waals surface area contributed by atoms with Gasteiger partial charge in [-0.2, -0.15) is 10.2 Å². The number of hydrogen-bond donors (Lipinski definition) is 7. The summed E-state index contributed by atoms with van der Waals surface area (Å²) in [5.41, 5.74) is 1.20. The molecule has 22 nitrogen and oxygen atoms in total. The molecule has 4 fully saturated rings. The van der Waals surface area contributed by atoms with E-state index in [-0.39, 0.29) is 83.6 Å². The molecule has 4 aromatic heterocycles. The Balaban J connectivity index is 0.000000179. The van der Waals surface area contributed by atoms with E-state index >= 15 is 0 Å². The highest BCUT2D eigenvalue weighted by atomic mass is 19.1. The van der Waals surface area contributed by atoms with E-state index in [4.69, 9.17) is 9.47 Å². The Bertz CT molecular complexity index is 3250. The molecule has 0 saturated heterocycles. The third-order valence-corrected chi connectivity index (χ3v) is 13.8. The number of carbonyl (C=O) groups is 7. The smallest absolute Gasteiger partial charge is 0.270 e. The first-order chi connectivity index (χ1) is 35.6. The molecule has 12 rings (SSSR count). The number of halogens is 2. The molecule has 4 saturated carbocycles. The molecular formula is C50H51F2N13O9. The minimum Gasteiger partial charge on any atom is -0.482 e. The van der Waals surface area contributed by atoms with Gasteiger partial charge in [-0.05, 0) is 105 Å². The number of nitrogens with one attached hydrogen (secondary N) is 7. The van der Waals surface area contributed by atoms with Gasteiger partial charge in [0, 0.05) is 37.3 Å². The van der Waals surface area contributed by atoms with Crippen molar-refractivity contribution in [3.05, 3.63) is 106 Å². The molecule has 4 bridgehead atoms. The summed E-state index contributed by atoms with van der Waals surface area (Å²) in [6, 6.07) is 11.8. The molecular weight excluding hydrogens is 965 g/mol. The fourth-order valence-corrected chi connectivity index (χ4v) is 10.8. The van der Waals surface area contributed by atoms with E-state index in [0.717, 1.165) is 40.7 Å². The fourth-order valence-electron chi connectivity index (χ4n) is 10.8. The van der Waals surface area contributed by atoms with Crippen molar-refractivity contribution < 1.29 is 51.8 Å². The molecule has 2 aromatic carbocycles. The number of anilines is 2. The van der Waals surface area contributed by atoms with Crippen LogP contribution in [0.5, 0.6) is 11.5 Å². The number of fused-ring (bicyclic) bond motifs is 4. The molecule has 7 amide bonds. The second-order valence-corrected chi connectivity index (χ2v) is 19.3. The molecule has 0 radical (unpaired) electrons. The van der Waals surface area contributed by atoms with E-state index in [1.54, 1.807) is 43.3 Å². The SMILES string of the molecule is CCCNC(=O)c1cc(C(=O)NCc2ccc3c(c2)NC(=O)CO3)nc2c(F)cnn12.C[C@H](NC(=O)c1cc(C(=O)NCc2ccc3c(c2)NC(=O)CO3)nc2c(F)cnn12)C(=O)NC12CC3CC(CC(C3)C1)C2. The second-order valence-electron chi connectivity index (χ2n) is 19.3. The van der Waals surface area contributed by atoms with Crippen LogP contribution in [0.15, 0.2) is 60.9 Å². The van der Waals surface area contributed by atoms with Gasteiger partial charge in [0.1, 0.15) is 40.3 Å². The van der Waals surface area contributed by atoms with Crippen LogP contribution < -0.4 is 46.7 Å². The number of nitrogens with zero attached hydrogens (tertiary/aromatic N) is 6. The van der Waals surface area contributed by atoms with Gasteiger partial charge in [-0.25, -0.2) is 27.8 Å². The lowest BCUT2D eigenvalue weighted by Crippen LogP contribution is -2.62. The van der Waals surface area contributed by atoms with Crippen molar-refractivity contribution in [1.29, 1.82) is 0 Å². The summed E-state index contributed by atoms with van der Waals surface area (Å²) in [5.74, 6) is -1.75. The van der Waals surface area contributed by atoms with Crippen molar-refractivity contribution >= 4 is 64.0 Å². The number of hydrogen-bond acceptors (Lipinski definition) is 13. The maximum atomic E-state index is 14.6. The number of aromatic nitrogens is 6. The van der Waals surface area contributed by atoms with Gasteiger partial charge < -0.3 is 46.7 Å². The van der Waals surface area contributed by atoms with Crippen molar-refractivity contribution in [2.45, 2.75) is 83.5 Å². The van der Waals surface area contributed by atoms with Crippen LogP contribution in [0, 0.1) is 29.4 Å². The van der Waals surface area contributed by atoms with E-state index in [9.17, 15) is 42.3 Å². The zero-order valence-electron chi connectivity index (χ0n) is 40.2. The van der Waals surface area contributed by atoms with E-state index in [1.807, 2.05) is 6.92 Å². The Kier molecular flexibility index (Phi) is 13.3. The maximum absolute atomic E-state index is 14.6. The van der Waals surface area contributed by atoms with Crippen LogP contribution in [-0.4, -0.2) is 102 Å². The minimum absolute atomic E-state index is 0.00106. The van der Waals surface area contributed by atoms with Crippen LogP contribution in [0.3, 0.4) is 0 Å². The van der Waals surface area contributed by atoms with Crippen molar-refractivity contribution in [2.75, 3.05) is 30.4 Å². The lowest BCUT2D eigenvalue weighted by molar-refractivity contribution is -0.128. The van der Waals surface area contributed by atoms with Crippen LogP contribution in [0.25, 0.3) is 11.3 Å². The lowest BCUT2D eigenvalue weighted by atomic mass is 9.53. The average Bonchev–Trinajstić information content (AvgIpc) is 3.95. The van der Waals surface area contributed by atoms with Gasteiger partial charge in [-0.15, -0.1) is 0 Å². The van der Waals surface area contributed by atoms with Gasteiger partial charge in [0.15, 0.2) is 36.1 Å². The Labute approximate surface area is 420 Å². The van der Waals surface area contributed by atoms with E-state index < -0.39 is 41.3 Å². The molecule has 4 aliphatic carbocycles. The highest BCUT2D eigenvalue weighted by Crippen LogP contribution is 2.55. The van der Waals surface area contributed by atoms with E-state index in [0.29, 0.717) is 64.7 Å². The van der Waals surface area contributed by atoms with Gasteiger partial charge >= 0.3 is 0 Å². The van der Waals surface area contributed by atoms with Gasteiger partial charge in [0.2, 0.25) is 5.91 Å². The van der Waals surface area contributed by atoms with Crippen LogP contribution in [0.4, 0.5) is 20.2 Å². The van der Waals surface area contributed by atoms with Crippen molar-refractivity contribution in [3.8, 4) is 11.5 Å². The van der Waals surface area contributed by atoms with Crippen LogP contribution in [0.2, 0.25) is 0 Å². The summed E-state index contributed by atoms with van der Waals surface area (Å²) in [7, 11) is 0. The summed E-state index contributed by atoms with van der Waals surface area (Å²) >= 11 is 0. The summed E-state index contributed by atoms with van der Waals surface area (Å²) in [6.45, 7) is 4.00. The molecule has 2 aliphatic heterocycles. The molecule has 74 heavy (non-hydrogen) atoms. The van der Waals surface area contributed by atoms with E-state index in [2.05, 4.69) is 57.4 Å². The molecule has 7 N–H and O–H groups in total. The van der Waals surface area contributed by atoms with Crippen molar-refractivity contribution in [3.63, 3.8) is 0 Å². The topological polar surface area (TPSA) is 283 Å². The predicted molar refractivity (Wildman–Crippen MR) is 258 cm³/mol.